The first-order valence-electron chi connectivity index (χ1n) is 8.41. The van der Waals surface area contributed by atoms with Crippen molar-refractivity contribution in [3.8, 4) is 0 Å². The third-order valence-corrected chi connectivity index (χ3v) is 4.19. The molecule has 0 aliphatic heterocycles. The molecule has 0 aliphatic carbocycles. The summed E-state index contributed by atoms with van der Waals surface area (Å²) in [5.41, 5.74) is 2.24. The lowest BCUT2D eigenvalue weighted by Gasteiger charge is -2.31. The van der Waals surface area contributed by atoms with Crippen LogP contribution >= 0.6 is 0 Å². The molecule has 0 aliphatic rings. The van der Waals surface area contributed by atoms with Gasteiger partial charge in [-0.1, -0.05) is 30.3 Å². The van der Waals surface area contributed by atoms with Crippen LogP contribution < -0.4 is 0 Å². The summed E-state index contributed by atoms with van der Waals surface area (Å²) in [6.07, 6.45) is 1.74. The molecule has 1 unspecified atom stereocenters. The molecule has 126 valence electrons. The lowest BCUT2D eigenvalue weighted by Crippen LogP contribution is -2.39. The molecule has 0 bridgehead atoms. The van der Waals surface area contributed by atoms with Gasteiger partial charge in [-0.2, -0.15) is 5.10 Å². The van der Waals surface area contributed by atoms with Crippen molar-refractivity contribution >= 4 is 0 Å². The second-order valence-electron chi connectivity index (χ2n) is 6.47. The number of rotatable bonds is 8. The van der Waals surface area contributed by atoms with Crippen LogP contribution in [0.25, 0.3) is 0 Å². The van der Waals surface area contributed by atoms with E-state index in [1.54, 1.807) is 0 Å². The van der Waals surface area contributed by atoms with Gasteiger partial charge >= 0.3 is 0 Å². The molecule has 4 heteroatoms. The predicted octanol–water partition coefficient (Wildman–Crippen LogP) is 3.64. The summed E-state index contributed by atoms with van der Waals surface area (Å²) in [5, 5.41) is 4.29. The van der Waals surface area contributed by atoms with E-state index in [4.69, 9.17) is 4.74 Å². The molecular weight excluding hydrogens is 286 g/mol. The van der Waals surface area contributed by atoms with E-state index in [1.165, 1.54) is 0 Å². The number of nitrogens with zero attached hydrogens (tertiary/aromatic N) is 3. The van der Waals surface area contributed by atoms with Gasteiger partial charge in [0.05, 0.1) is 12.3 Å². The Labute approximate surface area is 140 Å². The lowest BCUT2D eigenvalue weighted by molar-refractivity contribution is 0.0406. The van der Waals surface area contributed by atoms with Crippen molar-refractivity contribution in [2.45, 2.75) is 45.9 Å². The number of aromatic nitrogens is 2. The summed E-state index contributed by atoms with van der Waals surface area (Å²) in [6.45, 7) is 10.6. The Hall–Kier alpha value is -1.65. The number of ether oxygens (including phenoxy) is 1. The van der Waals surface area contributed by atoms with Gasteiger partial charge in [-0.25, -0.2) is 0 Å². The van der Waals surface area contributed by atoms with Crippen LogP contribution in [-0.4, -0.2) is 39.9 Å². The molecule has 0 fully saturated rings. The smallest absolute Gasteiger partial charge is 0.124 e. The molecule has 4 nitrogen and oxygen atoms in total. The van der Waals surface area contributed by atoms with Gasteiger partial charge in [0, 0.05) is 31.9 Å². The first-order valence-corrected chi connectivity index (χ1v) is 8.41. The standard InChI is InChI=1S/C19H29N3O/c1-15(2)22(16(3)4)13-14-23-19(17-9-7-6-8-10-17)18-11-12-20-21(18)5/h6-12,15-16,19H,13-14H2,1-5H3. The number of benzene rings is 1. The summed E-state index contributed by atoms with van der Waals surface area (Å²) in [5.74, 6) is 0. The summed E-state index contributed by atoms with van der Waals surface area (Å²) >= 11 is 0. The van der Waals surface area contributed by atoms with Crippen molar-refractivity contribution in [2.24, 2.45) is 7.05 Å². The molecular formula is C19H29N3O. The van der Waals surface area contributed by atoms with E-state index in [0.717, 1.165) is 17.8 Å². The molecule has 0 amide bonds. The maximum absolute atomic E-state index is 6.28. The molecule has 0 spiro atoms. The average molecular weight is 315 g/mol. The van der Waals surface area contributed by atoms with E-state index in [1.807, 2.05) is 30.1 Å². The minimum absolute atomic E-state index is 0.0788. The number of aryl methyl sites for hydroxylation is 1. The minimum Gasteiger partial charge on any atom is -0.366 e. The second kappa shape index (κ2) is 8.27. The Bertz CT molecular complexity index is 569. The molecule has 1 heterocycles. The van der Waals surface area contributed by atoms with Gasteiger partial charge < -0.3 is 4.74 Å². The molecule has 0 N–H and O–H groups in total. The number of hydrogen-bond donors (Lipinski definition) is 0. The average Bonchev–Trinajstić information content (AvgIpc) is 2.93. The summed E-state index contributed by atoms with van der Waals surface area (Å²) in [6, 6.07) is 13.4. The van der Waals surface area contributed by atoms with Gasteiger partial charge in [-0.3, -0.25) is 9.58 Å². The monoisotopic (exact) mass is 315 g/mol. The van der Waals surface area contributed by atoms with Crippen LogP contribution in [0.15, 0.2) is 42.6 Å². The van der Waals surface area contributed by atoms with E-state index in [2.05, 4.69) is 62.0 Å². The van der Waals surface area contributed by atoms with Crippen molar-refractivity contribution in [3.05, 3.63) is 53.9 Å². The van der Waals surface area contributed by atoms with E-state index in [9.17, 15) is 0 Å². The van der Waals surface area contributed by atoms with Gasteiger partial charge in [-0.15, -0.1) is 0 Å². The first-order chi connectivity index (χ1) is 11.0. The molecule has 2 rings (SSSR count). The number of hydrogen-bond acceptors (Lipinski definition) is 3. The highest BCUT2D eigenvalue weighted by atomic mass is 16.5. The maximum Gasteiger partial charge on any atom is 0.124 e. The molecule has 1 aromatic heterocycles. The van der Waals surface area contributed by atoms with Crippen LogP contribution in [0.5, 0.6) is 0 Å². The maximum atomic E-state index is 6.28. The Morgan fingerprint density at radius 3 is 2.22 bits per heavy atom. The topological polar surface area (TPSA) is 30.3 Å². The summed E-state index contributed by atoms with van der Waals surface area (Å²) < 4.78 is 8.17. The van der Waals surface area contributed by atoms with Crippen LogP contribution in [0, 0.1) is 0 Å². The van der Waals surface area contributed by atoms with Crippen LogP contribution in [-0.2, 0) is 11.8 Å². The van der Waals surface area contributed by atoms with Crippen LogP contribution in [0.3, 0.4) is 0 Å². The Morgan fingerprint density at radius 2 is 1.70 bits per heavy atom. The quantitative estimate of drug-likeness (QED) is 0.745. The van der Waals surface area contributed by atoms with Crippen molar-refractivity contribution in [1.29, 1.82) is 0 Å². The fourth-order valence-electron chi connectivity index (χ4n) is 3.01. The second-order valence-corrected chi connectivity index (χ2v) is 6.47. The summed E-state index contributed by atoms with van der Waals surface area (Å²) in [7, 11) is 1.96. The fraction of sp³-hybridized carbons (Fsp3) is 0.526. The fourth-order valence-corrected chi connectivity index (χ4v) is 3.01. The Kier molecular flexibility index (Phi) is 6.37. The predicted molar refractivity (Wildman–Crippen MR) is 94.4 cm³/mol. The Balaban J connectivity index is 2.09. The van der Waals surface area contributed by atoms with Crippen LogP contribution in [0.1, 0.15) is 45.1 Å². The van der Waals surface area contributed by atoms with E-state index in [0.29, 0.717) is 18.7 Å². The van der Waals surface area contributed by atoms with E-state index < -0.39 is 0 Å². The SMILES string of the molecule is CC(C)N(CCOC(c1ccccc1)c1ccnn1C)C(C)C. The van der Waals surface area contributed by atoms with Crippen molar-refractivity contribution in [1.82, 2.24) is 14.7 Å². The van der Waals surface area contributed by atoms with Gasteiger partial charge in [0.15, 0.2) is 0 Å². The highest BCUT2D eigenvalue weighted by Gasteiger charge is 2.19. The molecule has 0 saturated carbocycles. The highest BCUT2D eigenvalue weighted by molar-refractivity contribution is 5.25. The summed E-state index contributed by atoms with van der Waals surface area (Å²) in [4.78, 5) is 2.45. The lowest BCUT2D eigenvalue weighted by atomic mass is 10.1. The molecule has 0 radical (unpaired) electrons. The molecule has 0 saturated heterocycles. The molecule has 1 atom stereocenters. The van der Waals surface area contributed by atoms with Gasteiger partial charge in [0.2, 0.25) is 0 Å². The highest BCUT2D eigenvalue weighted by Crippen LogP contribution is 2.25. The minimum atomic E-state index is -0.0788. The zero-order valence-electron chi connectivity index (χ0n) is 14.9. The first kappa shape index (κ1) is 17.7. The van der Waals surface area contributed by atoms with Crippen molar-refractivity contribution in [3.63, 3.8) is 0 Å². The zero-order valence-corrected chi connectivity index (χ0v) is 14.9. The third kappa shape index (κ3) is 4.66. The molecule has 2 aromatic rings. The van der Waals surface area contributed by atoms with E-state index in [-0.39, 0.29) is 6.10 Å². The van der Waals surface area contributed by atoms with E-state index >= 15 is 0 Å². The molecule has 1 aromatic carbocycles. The van der Waals surface area contributed by atoms with Crippen LogP contribution in [0.2, 0.25) is 0 Å². The molecule has 23 heavy (non-hydrogen) atoms. The Morgan fingerprint density at radius 1 is 1.04 bits per heavy atom. The third-order valence-electron chi connectivity index (χ3n) is 4.19. The van der Waals surface area contributed by atoms with Gasteiger partial charge in [0.1, 0.15) is 6.10 Å². The van der Waals surface area contributed by atoms with Crippen LogP contribution in [0.4, 0.5) is 0 Å². The van der Waals surface area contributed by atoms with Crippen molar-refractivity contribution in [2.75, 3.05) is 13.2 Å². The zero-order chi connectivity index (χ0) is 16.8. The van der Waals surface area contributed by atoms with Crippen molar-refractivity contribution < 1.29 is 4.74 Å². The largest absolute Gasteiger partial charge is 0.366 e. The normalized spacial score (nSPS) is 13.2. The van der Waals surface area contributed by atoms with Gasteiger partial charge in [-0.05, 0) is 39.3 Å². The van der Waals surface area contributed by atoms with Gasteiger partial charge in [0.25, 0.3) is 0 Å².